The van der Waals surface area contributed by atoms with Crippen molar-refractivity contribution in [1.82, 2.24) is 9.97 Å². The Morgan fingerprint density at radius 2 is 1.32 bits per heavy atom. The van der Waals surface area contributed by atoms with Crippen LogP contribution in [0.2, 0.25) is 0 Å². The van der Waals surface area contributed by atoms with Crippen LogP contribution in [0.1, 0.15) is 5.56 Å². The Kier molecular flexibility index (Phi) is 3.99. The molecule has 0 radical (unpaired) electrons. The summed E-state index contributed by atoms with van der Waals surface area (Å²) in [6, 6.07) is 1.28. The van der Waals surface area contributed by atoms with Crippen molar-refractivity contribution in [1.29, 1.82) is 5.26 Å². The fourth-order valence-electron chi connectivity index (χ4n) is 1.68. The van der Waals surface area contributed by atoms with E-state index < -0.39 is 64.4 Å². The van der Waals surface area contributed by atoms with Crippen LogP contribution in [0.25, 0.3) is 11.3 Å². The van der Waals surface area contributed by atoms with Gasteiger partial charge in [-0.25, -0.2) is 17.6 Å². The molecule has 0 unspecified atom stereocenters. The van der Waals surface area contributed by atoms with E-state index in [0.29, 0.717) is 0 Å². The van der Waals surface area contributed by atoms with Crippen molar-refractivity contribution in [2.24, 2.45) is 0 Å². The Labute approximate surface area is 117 Å². The summed E-state index contributed by atoms with van der Waals surface area (Å²) in [7, 11) is 0. The van der Waals surface area contributed by atoms with Crippen LogP contribution in [0.4, 0.5) is 30.7 Å². The van der Waals surface area contributed by atoms with Crippen molar-refractivity contribution in [2.75, 3.05) is 0 Å². The number of nitriles is 1. The van der Waals surface area contributed by atoms with Crippen molar-refractivity contribution >= 4 is 0 Å². The first-order valence-electron chi connectivity index (χ1n) is 5.40. The third-order valence-electron chi connectivity index (χ3n) is 2.63. The van der Waals surface area contributed by atoms with E-state index in [1.165, 1.54) is 6.07 Å². The van der Waals surface area contributed by atoms with E-state index in [1.807, 2.05) is 0 Å². The predicted molar refractivity (Wildman–Crippen MR) is 56.5 cm³/mol. The molecular weight excluding hydrogens is 319 g/mol. The minimum absolute atomic E-state index is 1.01. The van der Waals surface area contributed by atoms with Crippen LogP contribution in [0.15, 0.2) is 0 Å². The van der Waals surface area contributed by atoms with Crippen LogP contribution in [-0.4, -0.2) is 9.97 Å². The number of hydrogen-bond donors (Lipinski definition) is 0. The summed E-state index contributed by atoms with van der Waals surface area (Å²) in [5, 5.41) is 8.35. The molecule has 0 saturated carbocycles. The quantitative estimate of drug-likeness (QED) is 0.369. The second-order valence-corrected chi connectivity index (χ2v) is 3.89. The highest BCUT2D eigenvalue weighted by molar-refractivity contribution is 5.62. The molecule has 0 fully saturated rings. The molecule has 22 heavy (non-hydrogen) atoms. The molecule has 0 bridgehead atoms. The fourth-order valence-corrected chi connectivity index (χ4v) is 1.68. The molecule has 10 heteroatoms. The second kappa shape index (κ2) is 5.59. The van der Waals surface area contributed by atoms with Gasteiger partial charge in [-0.15, -0.1) is 0 Å². The van der Waals surface area contributed by atoms with Crippen LogP contribution < -0.4 is 0 Å². The Hall–Kier alpha value is -2.70. The molecule has 2 rings (SSSR count). The normalized spacial score (nSPS) is 10.6. The lowest BCUT2D eigenvalue weighted by Crippen LogP contribution is -2.10. The SMILES string of the molecule is N#CCc1c(F)c(F)c(-c2nc(F)nc(F)c2F)c(F)c1F. The smallest absolute Gasteiger partial charge is 0.203 e. The molecule has 0 aliphatic rings. The first-order chi connectivity index (χ1) is 10.3. The third kappa shape index (κ3) is 2.34. The summed E-state index contributed by atoms with van der Waals surface area (Å²) < 4.78 is 94.1. The van der Waals surface area contributed by atoms with Crippen LogP contribution in [0.3, 0.4) is 0 Å². The Morgan fingerprint density at radius 1 is 0.773 bits per heavy atom. The molecule has 0 amide bonds. The van der Waals surface area contributed by atoms with Crippen LogP contribution in [0.5, 0.6) is 0 Å². The van der Waals surface area contributed by atoms with Gasteiger partial charge < -0.3 is 0 Å². The molecule has 0 aliphatic heterocycles. The van der Waals surface area contributed by atoms with Gasteiger partial charge in [0.1, 0.15) is 5.69 Å². The third-order valence-corrected chi connectivity index (χ3v) is 2.63. The maximum Gasteiger partial charge on any atom is 0.312 e. The van der Waals surface area contributed by atoms with Crippen molar-refractivity contribution in [3.8, 4) is 17.3 Å². The maximum atomic E-state index is 13.8. The largest absolute Gasteiger partial charge is 0.312 e. The van der Waals surface area contributed by atoms with Crippen molar-refractivity contribution in [3.05, 3.63) is 46.7 Å². The zero-order valence-electron chi connectivity index (χ0n) is 10.2. The molecule has 1 aromatic carbocycles. The van der Waals surface area contributed by atoms with Crippen LogP contribution in [0, 0.1) is 52.4 Å². The van der Waals surface area contributed by atoms with E-state index in [-0.39, 0.29) is 0 Å². The van der Waals surface area contributed by atoms with Gasteiger partial charge in [0.25, 0.3) is 5.95 Å². The molecule has 114 valence electrons. The number of hydrogen-bond acceptors (Lipinski definition) is 3. The van der Waals surface area contributed by atoms with Crippen molar-refractivity contribution < 1.29 is 30.7 Å². The van der Waals surface area contributed by atoms with E-state index in [1.54, 1.807) is 0 Å². The Bertz CT molecular complexity index is 785. The highest BCUT2D eigenvalue weighted by atomic mass is 19.2. The highest BCUT2D eigenvalue weighted by Gasteiger charge is 2.30. The Balaban J connectivity index is 2.87. The Morgan fingerprint density at radius 3 is 1.82 bits per heavy atom. The lowest BCUT2D eigenvalue weighted by atomic mass is 10.0. The summed E-state index contributed by atoms with van der Waals surface area (Å²) in [4.78, 5) is 4.93. The fraction of sp³-hybridized carbons (Fsp3) is 0.0833. The van der Waals surface area contributed by atoms with Gasteiger partial charge in [0, 0.05) is 5.56 Å². The first-order valence-corrected chi connectivity index (χ1v) is 5.40. The van der Waals surface area contributed by atoms with Gasteiger partial charge in [-0.2, -0.15) is 28.4 Å². The summed E-state index contributed by atoms with van der Waals surface area (Å²) >= 11 is 0. The lowest BCUT2D eigenvalue weighted by molar-refractivity contribution is 0.421. The van der Waals surface area contributed by atoms with E-state index in [9.17, 15) is 30.7 Å². The van der Waals surface area contributed by atoms with Crippen molar-refractivity contribution in [3.63, 3.8) is 0 Å². The molecule has 1 heterocycles. The average Bonchev–Trinajstić information content (AvgIpc) is 2.46. The minimum atomic E-state index is -2.14. The van der Waals surface area contributed by atoms with Gasteiger partial charge in [0.05, 0.1) is 18.1 Å². The predicted octanol–water partition coefficient (Wildman–Crippen LogP) is 3.18. The monoisotopic (exact) mass is 321 g/mol. The highest BCUT2D eigenvalue weighted by Crippen LogP contribution is 2.33. The van der Waals surface area contributed by atoms with Gasteiger partial charge in [0.15, 0.2) is 23.3 Å². The average molecular weight is 321 g/mol. The van der Waals surface area contributed by atoms with Gasteiger partial charge in [0.2, 0.25) is 5.82 Å². The van der Waals surface area contributed by atoms with E-state index in [4.69, 9.17) is 5.26 Å². The summed E-state index contributed by atoms with van der Waals surface area (Å²) in [6.45, 7) is 0. The maximum absolute atomic E-state index is 13.8. The van der Waals surface area contributed by atoms with E-state index >= 15 is 0 Å². The summed E-state index contributed by atoms with van der Waals surface area (Å²) in [5.74, 6) is -12.4. The van der Waals surface area contributed by atoms with Gasteiger partial charge >= 0.3 is 6.08 Å². The molecule has 1 aromatic heterocycles. The number of nitrogens with zero attached hydrogens (tertiary/aromatic N) is 3. The molecular formula is C12H2F7N3. The zero-order valence-corrected chi connectivity index (χ0v) is 10.2. The van der Waals surface area contributed by atoms with E-state index in [0.717, 1.165) is 0 Å². The molecule has 2 aromatic rings. The van der Waals surface area contributed by atoms with Gasteiger partial charge in [-0.05, 0) is 0 Å². The van der Waals surface area contributed by atoms with Crippen LogP contribution in [-0.2, 0) is 6.42 Å². The van der Waals surface area contributed by atoms with Gasteiger partial charge in [-0.1, -0.05) is 0 Å². The standard InChI is InChI=1S/C12H2F7N3/c13-5-3(1-2-20)6(14)8(16)4(7(5)15)10-9(17)11(18)22-12(19)21-10/h1H2. The zero-order chi connectivity index (χ0) is 16.6. The number of benzene rings is 1. The summed E-state index contributed by atoms with van der Waals surface area (Å²) in [5.41, 5.74) is -4.60. The molecule has 0 saturated heterocycles. The molecule has 0 aliphatic carbocycles. The van der Waals surface area contributed by atoms with Crippen molar-refractivity contribution in [2.45, 2.75) is 6.42 Å². The summed E-state index contributed by atoms with van der Waals surface area (Å²) in [6.07, 6.45) is -2.91. The first kappa shape index (κ1) is 15.7. The topological polar surface area (TPSA) is 49.6 Å². The van der Waals surface area contributed by atoms with Crippen LogP contribution >= 0.6 is 0 Å². The second-order valence-electron chi connectivity index (χ2n) is 3.89. The molecule has 3 nitrogen and oxygen atoms in total. The van der Waals surface area contributed by atoms with E-state index in [2.05, 4.69) is 9.97 Å². The molecule has 0 atom stereocenters. The number of aromatic nitrogens is 2. The number of rotatable bonds is 2. The lowest BCUT2D eigenvalue weighted by Gasteiger charge is -2.10. The number of halogens is 7. The minimum Gasteiger partial charge on any atom is -0.203 e. The van der Waals surface area contributed by atoms with Gasteiger partial charge in [-0.3, -0.25) is 0 Å². The molecule has 0 spiro atoms. The molecule has 0 N–H and O–H groups in total.